The number of nitrogens with two attached hydrogens (primary N) is 1. The molecule has 1 saturated carbocycles. The van der Waals surface area contributed by atoms with Crippen LogP contribution in [-0.2, 0) is 0 Å². The average molecular weight is 222 g/mol. The van der Waals surface area contributed by atoms with Crippen LogP contribution >= 0.6 is 0 Å². The molecular weight excluding hydrogens is 200 g/mol. The molecule has 0 spiro atoms. The van der Waals surface area contributed by atoms with E-state index in [0.717, 1.165) is 18.0 Å². The fourth-order valence-electron chi connectivity index (χ4n) is 2.35. The van der Waals surface area contributed by atoms with Gasteiger partial charge in [0.2, 0.25) is 0 Å². The number of aromatic nitrogens is 3. The summed E-state index contributed by atoms with van der Waals surface area (Å²) in [5.74, 6) is 0.872. The van der Waals surface area contributed by atoms with Gasteiger partial charge >= 0.3 is 0 Å². The van der Waals surface area contributed by atoms with Gasteiger partial charge in [0.15, 0.2) is 0 Å². The van der Waals surface area contributed by atoms with E-state index in [4.69, 9.17) is 5.73 Å². The van der Waals surface area contributed by atoms with Crippen LogP contribution in [0.2, 0.25) is 0 Å². The molecule has 4 heteroatoms. The van der Waals surface area contributed by atoms with Crippen LogP contribution in [0.25, 0.3) is 0 Å². The van der Waals surface area contributed by atoms with Crippen molar-refractivity contribution in [3.05, 3.63) is 11.9 Å². The summed E-state index contributed by atoms with van der Waals surface area (Å²) in [5, 5.41) is 8.39. The van der Waals surface area contributed by atoms with Crippen molar-refractivity contribution in [2.75, 3.05) is 0 Å². The molecule has 2 rings (SSSR count). The van der Waals surface area contributed by atoms with E-state index in [0.29, 0.717) is 6.04 Å². The highest BCUT2D eigenvalue weighted by Crippen LogP contribution is 2.31. The van der Waals surface area contributed by atoms with Crippen molar-refractivity contribution in [2.24, 2.45) is 11.7 Å². The predicted molar refractivity (Wildman–Crippen MR) is 63.9 cm³/mol. The summed E-state index contributed by atoms with van der Waals surface area (Å²) < 4.78 is 2.02. The average Bonchev–Trinajstić information content (AvgIpc) is 2.78. The van der Waals surface area contributed by atoms with Crippen molar-refractivity contribution in [3.63, 3.8) is 0 Å². The lowest BCUT2D eigenvalue weighted by molar-refractivity contribution is 0.270. The standard InChI is InChI=1S/C12H22N4/c1-3-11(13)12-8-16(15-14-12)10-6-4-9(2)5-7-10/h8-11H,3-7,13H2,1-2H3. The van der Waals surface area contributed by atoms with Gasteiger partial charge in [0, 0.05) is 0 Å². The maximum Gasteiger partial charge on any atom is 0.0994 e. The molecule has 0 radical (unpaired) electrons. The van der Waals surface area contributed by atoms with Crippen LogP contribution < -0.4 is 5.73 Å². The Balaban J connectivity index is 2.01. The number of hydrogen-bond donors (Lipinski definition) is 1. The van der Waals surface area contributed by atoms with Crippen LogP contribution in [0.5, 0.6) is 0 Å². The van der Waals surface area contributed by atoms with E-state index in [1.54, 1.807) is 0 Å². The molecule has 0 aromatic carbocycles. The monoisotopic (exact) mass is 222 g/mol. The minimum atomic E-state index is 0.0382. The minimum absolute atomic E-state index is 0.0382. The summed E-state index contributed by atoms with van der Waals surface area (Å²) >= 11 is 0. The summed E-state index contributed by atoms with van der Waals surface area (Å²) in [6.07, 6.45) is 8.02. The molecule has 1 atom stereocenters. The normalized spacial score (nSPS) is 27.9. The van der Waals surface area contributed by atoms with Gasteiger partial charge in [0.05, 0.1) is 24.0 Å². The Morgan fingerprint density at radius 1 is 1.44 bits per heavy atom. The zero-order valence-electron chi connectivity index (χ0n) is 10.3. The first-order valence-electron chi connectivity index (χ1n) is 6.38. The van der Waals surface area contributed by atoms with Crippen molar-refractivity contribution >= 4 is 0 Å². The molecule has 0 aliphatic heterocycles. The van der Waals surface area contributed by atoms with Gasteiger partial charge in [-0.3, -0.25) is 0 Å². The Kier molecular flexibility index (Phi) is 3.59. The summed E-state index contributed by atoms with van der Waals surface area (Å²) in [6.45, 7) is 4.40. The second-order valence-corrected chi connectivity index (χ2v) is 5.05. The molecule has 1 aromatic heterocycles. The van der Waals surface area contributed by atoms with Crippen LogP contribution in [-0.4, -0.2) is 15.0 Å². The fraction of sp³-hybridized carbons (Fsp3) is 0.833. The Bertz CT molecular complexity index is 326. The molecule has 1 unspecified atom stereocenters. The highest BCUT2D eigenvalue weighted by molar-refractivity contribution is 5.00. The SMILES string of the molecule is CCC(N)c1cn(C2CCC(C)CC2)nn1. The lowest BCUT2D eigenvalue weighted by Gasteiger charge is -2.25. The molecule has 2 N–H and O–H groups in total. The number of nitrogens with zero attached hydrogens (tertiary/aromatic N) is 3. The van der Waals surface area contributed by atoms with E-state index in [1.165, 1.54) is 25.7 Å². The molecular formula is C12H22N4. The molecule has 0 amide bonds. The maximum absolute atomic E-state index is 5.94. The molecule has 1 heterocycles. The van der Waals surface area contributed by atoms with Gasteiger partial charge in [-0.1, -0.05) is 19.1 Å². The Hall–Kier alpha value is -0.900. The molecule has 4 nitrogen and oxygen atoms in total. The van der Waals surface area contributed by atoms with Crippen LogP contribution in [0.1, 0.15) is 63.7 Å². The zero-order valence-corrected chi connectivity index (χ0v) is 10.3. The van der Waals surface area contributed by atoms with Crippen LogP contribution in [0, 0.1) is 5.92 Å². The maximum atomic E-state index is 5.94. The Labute approximate surface area is 97.2 Å². The number of rotatable bonds is 3. The molecule has 0 bridgehead atoms. The van der Waals surface area contributed by atoms with Gasteiger partial charge in [-0.25, -0.2) is 4.68 Å². The van der Waals surface area contributed by atoms with Crippen LogP contribution in [0.3, 0.4) is 0 Å². The lowest BCUT2D eigenvalue weighted by Crippen LogP contribution is -2.17. The molecule has 16 heavy (non-hydrogen) atoms. The lowest BCUT2D eigenvalue weighted by atomic mass is 9.87. The third-order valence-electron chi connectivity index (χ3n) is 3.71. The summed E-state index contributed by atoms with van der Waals surface area (Å²) in [7, 11) is 0. The predicted octanol–water partition coefficient (Wildman–Crippen LogP) is 2.44. The third-order valence-corrected chi connectivity index (χ3v) is 3.71. The zero-order chi connectivity index (χ0) is 11.5. The van der Waals surface area contributed by atoms with E-state index < -0.39 is 0 Å². The second kappa shape index (κ2) is 4.95. The van der Waals surface area contributed by atoms with Crippen molar-refractivity contribution in [1.82, 2.24) is 15.0 Å². The quantitative estimate of drug-likeness (QED) is 0.854. The molecule has 1 aromatic rings. The molecule has 0 saturated heterocycles. The first-order valence-corrected chi connectivity index (χ1v) is 6.38. The molecule has 1 aliphatic rings. The van der Waals surface area contributed by atoms with Gasteiger partial charge < -0.3 is 5.73 Å². The number of hydrogen-bond acceptors (Lipinski definition) is 3. The summed E-state index contributed by atoms with van der Waals surface area (Å²) in [5.41, 5.74) is 6.87. The van der Waals surface area contributed by atoms with Gasteiger partial charge in [-0.05, 0) is 38.0 Å². The smallest absolute Gasteiger partial charge is 0.0994 e. The van der Waals surface area contributed by atoms with E-state index in [-0.39, 0.29) is 6.04 Å². The first kappa shape index (κ1) is 11.6. The topological polar surface area (TPSA) is 56.7 Å². The molecule has 1 aliphatic carbocycles. The fourth-order valence-corrected chi connectivity index (χ4v) is 2.35. The van der Waals surface area contributed by atoms with E-state index >= 15 is 0 Å². The third kappa shape index (κ3) is 2.43. The highest BCUT2D eigenvalue weighted by atomic mass is 15.4. The van der Waals surface area contributed by atoms with Gasteiger partial charge in [-0.15, -0.1) is 5.10 Å². The van der Waals surface area contributed by atoms with Gasteiger partial charge in [0.25, 0.3) is 0 Å². The van der Waals surface area contributed by atoms with E-state index in [9.17, 15) is 0 Å². The molecule has 1 fully saturated rings. The van der Waals surface area contributed by atoms with E-state index in [1.807, 2.05) is 10.9 Å². The van der Waals surface area contributed by atoms with Crippen molar-refractivity contribution in [3.8, 4) is 0 Å². The summed E-state index contributed by atoms with van der Waals surface area (Å²) in [4.78, 5) is 0. The van der Waals surface area contributed by atoms with Crippen molar-refractivity contribution < 1.29 is 0 Å². The van der Waals surface area contributed by atoms with Crippen molar-refractivity contribution in [2.45, 2.75) is 58.0 Å². The Morgan fingerprint density at radius 2 is 2.12 bits per heavy atom. The molecule has 90 valence electrons. The Morgan fingerprint density at radius 3 is 2.75 bits per heavy atom. The highest BCUT2D eigenvalue weighted by Gasteiger charge is 2.21. The minimum Gasteiger partial charge on any atom is -0.323 e. The van der Waals surface area contributed by atoms with E-state index in [2.05, 4.69) is 24.2 Å². The second-order valence-electron chi connectivity index (χ2n) is 5.05. The van der Waals surface area contributed by atoms with Gasteiger partial charge in [0.1, 0.15) is 0 Å². The van der Waals surface area contributed by atoms with Gasteiger partial charge in [-0.2, -0.15) is 0 Å². The summed E-state index contributed by atoms with van der Waals surface area (Å²) in [6, 6.07) is 0.581. The van der Waals surface area contributed by atoms with Crippen LogP contribution in [0.15, 0.2) is 6.20 Å². The van der Waals surface area contributed by atoms with Crippen LogP contribution in [0.4, 0.5) is 0 Å². The first-order chi connectivity index (χ1) is 7.70. The largest absolute Gasteiger partial charge is 0.323 e. The van der Waals surface area contributed by atoms with Crippen molar-refractivity contribution in [1.29, 1.82) is 0 Å².